The first kappa shape index (κ1) is 17.9. The largest absolute Gasteiger partial charge is 0.394 e. The molecule has 112 valence electrons. The summed E-state index contributed by atoms with van der Waals surface area (Å²) in [5, 5.41) is 11.9. The summed E-state index contributed by atoms with van der Waals surface area (Å²) in [6.07, 6.45) is 4.64. The van der Waals surface area contributed by atoms with Gasteiger partial charge in [-0.2, -0.15) is 0 Å². The Hall–Kier alpha value is -1.07. The first-order valence-electron chi connectivity index (χ1n) is 6.77. The van der Waals surface area contributed by atoms with Crippen molar-refractivity contribution in [1.82, 2.24) is 15.1 Å². The van der Waals surface area contributed by atoms with E-state index in [-0.39, 0.29) is 6.73 Å². The molecule has 0 aliphatic carbocycles. The predicted molar refractivity (Wildman–Crippen MR) is 78.5 cm³/mol. The lowest BCUT2D eigenvalue weighted by atomic mass is 10.1. The molecular weight excluding hydrogens is 245 g/mol. The van der Waals surface area contributed by atoms with Crippen molar-refractivity contribution in [2.75, 3.05) is 47.1 Å². The lowest BCUT2D eigenvalue weighted by molar-refractivity contribution is 0.123. The Kier molecular flexibility index (Phi) is 10.2. The summed E-state index contributed by atoms with van der Waals surface area (Å²) in [7, 11) is 3.63. The van der Waals surface area contributed by atoms with Gasteiger partial charge < -0.3 is 15.3 Å². The summed E-state index contributed by atoms with van der Waals surface area (Å²) in [5.74, 6) is 0. The monoisotopic (exact) mass is 273 g/mol. The van der Waals surface area contributed by atoms with E-state index in [9.17, 15) is 4.39 Å². The molecule has 5 heteroatoms. The molecule has 0 saturated carbocycles. The molecule has 19 heavy (non-hydrogen) atoms. The van der Waals surface area contributed by atoms with Gasteiger partial charge in [-0.3, -0.25) is 4.90 Å². The average Bonchev–Trinajstić information content (AvgIpc) is 2.43. The smallest absolute Gasteiger partial charge is 0.118 e. The van der Waals surface area contributed by atoms with Crippen molar-refractivity contribution in [1.29, 1.82) is 0 Å². The summed E-state index contributed by atoms with van der Waals surface area (Å²) >= 11 is 0. The molecule has 0 bridgehead atoms. The summed E-state index contributed by atoms with van der Waals surface area (Å²) in [5.41, 5.74) is 1.58. The predicted octanol–water partition coefficient (Wildman–Crippen LogP) is 1.56. The highest BCUT2D eigenvalue weighted by molar-refractivity contribution is 5.29. The van der Waals surface area contributed by atoms with E-state index in [1.54, 1.807) is 13.2 Å². The number of hydrogen-bond donors (Lipinski definition) is 2. The van der Waals surface area contributed by atoms with E-state index in [0.717, 1.165) is 31.8 Å². The van der Waals surface area contributed by atoms with Gasteiger partial charge in [-0.05, 0) is 20.4 Å². The van der Waals surface area contributed by atoms with Crippen molar-refractivity contribution < 1.29 is 9.50 Å². The maximum atomic E-state index is 13.1. The Morgan fingerprint density at radius 3 is 2.42 bits per heavy atom. The quantitative estimate of drug-likeness (QED) is 0.468. The van der Waals surface area contributed by atoms with Crippen LogP contribution in [0.15, 0.2) is 23.5 Å². The molecule has 0 heterocycles. The molecule has 0 unspecified atom stereocenters. The molecular formula is C14H28FN3O. The second kappa shape index (κ2) is 10.8. The number of allylic oxidation sites excluding steroid dienone is 2. The van der Waals surface area contributed by atoms with Gasteiger partial charge in [0.25, 0.3) is 0 Å². The number of aliphatic hydroxyl groups is 1. The fraction of sp³-hybridized carbons (Fsp3) is 0.714. The van der Waals surface area contributed by atoms with E-state index < -0.39 is 6.67 Å². The van der Waals surface area contributed by atoms with Crippen LogP contribution in [0.1, 0.15) is 20.3 Å². The number of alkyl halides is 1. The second-order valence-electron chi connectivity index (χ2n) is 4.47. The molecule has 2 N–H and O–H groups in total. The summed E-state index contributed by atoms with van der Waals surface area (Å²) in [4.78, 5) is 3.99. The average molecular weight is 273 g/mol. The number of hydrogen-bond acceptors (Lipinski definition) is 4. The van der Waals surface area contributed by atoms with Crippen LogP contribution in [-0.2, 0) is 0 Å². The minimum Gasteiger partial charge on any atom is -0.394 e. The van der Waals surface area contributed by atoms with Crippen LogP contribution < -0.4 is 5.32 Å². The van der Waals surface area contributed by atoms with Crippen molar-refractivity contribution in [2.45, 2.75) is 20.3 Å². The molecule has 0 rings (SSSR count). The Bertz CT molecular complexity index is 292. The van der Waals surface area contributed by atoms with Crippen LogP contribution in [-0.4, -0.2) is 62.0 Å². The van der Waals surface area contributed by atoms with Gasteiger partial charge in [0.05, 0.1) is 6.73 Å². The molecule has 0 fully saturated rings. The lowest BCUT2D eigenvalue weighted by Gasteiger charge is -2.29. The van der Waals surface area contributed by atoms with Crippen molar-refractivity contribution in [3.8, 4) is 0 Å². The van der Waals surface area contributed by atoms with Gasteiger partial charge in [0.2, 0.25) is 0 Å². The molecule has 0 aromatic heterocycles. The molecule has 0 saturated heterocycles. The van der Waals surface area contributed by atoms with Gasteiger partial charge in [-0.1, -0.05) is 13.0 Å². The second-order valence-corrected chi connectivity index (χ2v) is 4.47. The van der Waals surface area contributed by atoms with E-state index in [1.165, 1.54) is 0 Å². The van der Waals surface area contributed by atoms with Crippen LogP contribution in [0.5, 0.6) is 0 Å². The highest BCUT2D eigenvalue weighted by atomic mass is 19.1. The minimum atomic E-state index is -0.490. The van der Waals surface area contributed by atoms with Crippen molar-refractivity contribution >= 4 is 0 Å². The fourth-order valence-electron chi connectivity index (χ4n) is 1.91. The van der Waals surface area contributed by atoms with Crippen LogP contribution in [0.3, 0.4) is 0 Å². The van der Waals surface area contributed by atoms with Crippen LogP contribution in [0.25, 0.3) is 0 Å². The normalized spacial score (nSPS) is 13.0. The zero-order valence-electron chi connectivity index (χ0n) is 12.6. The van der Waals surface area contributed by atoms with E-state index >= 15 is 0 Å². The third-order valence-corrected chi connectivity index (χ3v) is 2.89. The van der Waals surface area contributed by atoms with Crippen LogP contribution in [0.2, 0.25) is 0 Å². The van der Waals surface area contributed by atoms with Gasteiger partial charge in [-0.25, -0.2) is 4.39 Å². The first-order chi connectivity index (χ1) is 9.14. The van der Waals surface area contributed by atoms with Crippen molar-refractivity contribution in [3.05, 3.63) is 23.5 Å². The minimum absolute atomic E-state index is 0.0352. The Labute approximate surface area is 116 Å². The van der Waals surface area contributed by atoms with Crippen molar-refractivity contribution in [3.63, 3.8) is 0 Å². The summed E-state index contributed by atoms with van der Waals surface area (Å²) in [6.45, 7) is 5.96. The Morgan fingerprint density at radius 2 is 2.00 bits per heavy atom. The first-order valence-corrected chi connectivity index (χ1v) is 6.77. The fourth-order valence-corrected chi connectivity index (χ4v) is 1.91. The molecule has 0 amide bonds. The van der Waals surface area contributed by atoms with Gasteiger partial charge in [0.1, 0.15) is 6.67 Å². The van der Waals surface area contributed by atoms with Gasteiger partial charge in [-0.15, -0.1) is 0 Å². The van der Waals surface area contributed by atoms with Crippen molar-refractivity contribution in [2.24, 2.45) is 0 Å². The Morgan fingerprint density at radius 1 is 1.32 bits per heavy atom. The van der Waals surface area contributed by atoms with E-state index in [0.29, 0.717) is 5.57 Å². The van der Waals surface area contributed by atoms with E-state index in [2.05, 4.69) is 17.1 Å². The van der Waals surface area contributed by atoms with Crippen LogP contribution in [0, 0.1) is 0 Å². The van der Waals surface area contributed by atoms with Crippen LogP contribution >= 0.6 is 0 Å². The zero-order valence-corrected chi connectivity index (χ0v) is 12.6. The molecule has 0 aromatic rings. The number of likely N-dealkylation sites (N-methyl/N-ethyl adjacent to an activating group) is 1. The lowest BCUT2D eigenvalue weighted by Crippen LogP contribution is -2.34. The maximum absolute atomic E-state index is 13.1. The topological polar surface area (TPSA) is 38.7 Å². The molecule has 0 spiro atoms. The van der Waals surface area contributed by atoms with Gasteiger partial charge >= 0.3 is 0 Å². The number of nitrogens with zero attached hydrogens (tertiary/aromatic N) is 2. The summed E-state index contributed by atoms with van der Waals surface area (Å²) in [6, 6.07) is 0. The van der Waals surface area contributed by atoms with E-state index in [4.69, 9.17) is 5.11 Å². The third kappa shape index (κ3) is 6.59. The number of halogens is 1. The van der Waals surface area contributed by atoms with Gasteiger partial charge in [0.15, 0.2) is 0 Å². The SMILES string of the molecule is C/C=C(\C(=C/NC)CF)N(CCC)CCN(C)CO. The number of rotatable bonds is 10. The number of aliphatic hydroxyl groups excluding tert-OH is 1. The van der Waals surface area contributed by atoms with Gasteiger partial charge in [0, 0.05) is 44.2 Å². The molecule has 0 radical (unpaired) electrons. The molecule has 0 aliphatic rings. The highest BCUT2D eigenvalue weighted by Gasteiger charge is 2.13. The van der Waals surface area contributed by atoms with Crippen LogP contribution in [0.4, 0.5) is 4.39 Å². The summed E-state index contributed by atoms with van der Waals surface area (Å²) < 4.78 is 13.1. The zero-order chi connectivity index (χ0) is 14.7. The molecule has 0 atom stereocenters. The number of nitrogens with one attached hydrogen (secondary N) is 1. The molecule has 4 nitrogen and oxygen atoms in total. The molecule has 0 aromatic carbocycles. The van der Waals surface area contributed by atoms with E-state index in [1.807, 2.05) is 24.9 Å². The Balaban J connectivity index is 4.85. The molecule has 0 aliphatic heterocycles. The standard InChI is InChI=1S/C14H28FN3O/c1-5-7-18(9-8-17(4)12-19)14(6-2)13(10-15)11-16-3/h6,11,16,19H,5,7-10,12H2,1-4H3/b13-11-,14-6+. The highest BCUT2D eigenvalue weighted by Crippen LogP contribution is 2.16. The third-order valence-electron chi connectivity index (χ3n) is 2.89. The maximum Gasteiger partial charge on any atom is 0.118 e.